The van der Waals surface area contributed by atoms with E-state index in [1.54, 1.807) is 12.2 Å². The molecule has 0 radical (unpaired) electrons. The number of aromatic amines is 1. The lowest BCUT2D eigenvalue weighted by Crippen LogP contribution is -2.00. The van der Waals surface area contributed by atoms with Crippen molar-refractivity contribution >= 4 is 38.6 Å². The Bertz CT molecular complexity index is 1090. The number of imidazole rings is 1. The van der Waals surface area contributed by atoms with Gasteiger partial charge in [-0.15, -0.1) is 0 Å². The largest absolute Gasteiger partial charge is 0.490 e. The Morgan fingerprint density at radius 1 is 1.32 bits per heavy atom. The second-order valence-corrected chi connectivity index (χ2v) is 6.99. The molecular formula is C22H20BrN3O2. The maximum absolute atomic E-state index is 9.68. The standard InChI is InChI=1S/C22H20BrN3O2/c1-4-8-28-21-17(23)11-15(12-20(21)27-5-2)10-16(13-24)22-25-18-7-6-14(3)9-19(18)26-22/h4,6-7,9-12H,1,5,8H2,2-3H3,(H,25,26). The van der Waals surface area contributed by atoms with Crippen LogP contribution >= 0.6 is 15.9 Å². The number of rotatable bonds is 7. The van der Waals surface area contributed by atoms with Gasteiger partial charge >= 0.3 is 0 Å². The van der Waals surface area contributed by atoms with Crippen LogP contribution in [0.15, 0.2) is 47.5 Å². The van der Waals surface area contributed by atoms with Crippen LogP contribution in [0, 0.1) is 18.3 Å². The molecule has 0 aliphatic heterocycles. The third-order valence-electron chi connectivity index (χ3n) is 4.00. The molecule has 6 heteroatoms. The molecule has 5 nitrogen and oxygen atoms in total. The minimum atomic E-state index is 0.371. The SMILES string of the molecule is C=CCOc1c(Br)cc(C=C(C#N)c2nc3ccc(C)cc3[nH]2)cc1OCC. The van der Waals surface area contributed by atoms with Crippen LogP contribution in [0.3, 0.4) is 0 Å². The number of nitrogens with zero attached hydrogens (tertiary/aromatic N) is 2. The molecule has 0 fully saturated rings. The number of nitrogens with one attached hydrogen (secondary N) is 1. The molecule has 0 atom stereocenters. The Labute approximate surface area is 172 Å². The van der Waals surface area contributed by atoms with Crippen LogP contribution < -0.4 is 9.47 Å². The predicted octanol–water partition coefficient (Wildman–Crippen LogP) is 5.66. The third-order valence-corrected chi connectivity index (χ3v) is 4.59. The zero-order chi connectivity index (χ0) is 20.1. The number of aryl methyl sites for hydroxylation is 1. The van der Waals surface area contributed by atoms with Crippen LogP contribution in [-0.4, -0.2) is 23.2 Å². The van der Waals surface area contributed by atoms with Crippen LogP contribution in [0.25, 0.3) is 22.7 Å². The molecule has 28 heavy (non-hydrogen) atoms. The molecule has 0 unspecified atom stereocenters. The number of hydrogen-bond donors (Lipinski definition) is 1. The fraction of sp³-hybridized carbons (Fsp3) is 0.182. The molecule has 3 aromatic rings. The van der Waals surface area contributed by atoms with Crippen molar-refractivity contribution < 1.29 is 9.47 Å². The van der Waals surface area contributed by atoms with Crippen LogP contribution in [0.5, 0.6) is 11.5 Å². The van der Waals surface area contributed by atoms with Gasteiger partial charge in [-0.2, -0.15) is 5.26 Å². The normalized spacial score (nSPS) is 11.3. The maximum atomic E-state index is 9.68. The molecule has 3 rings (SSSR count). The summed E-state index contributed by atoms with van der Waals surface area (Å²) in [6, 6.07) is 11.9. The number of halogens is 1. The Balaban J connectivity index is 2.03. The zero-order valence-electron chi connectivity index (χ0n) is 15.8. The molecule has 1 heterocycles. The van der Waals surface area contributed by atoms with Crippen molar-refractivity contribution in [3.05, 3.63) is 64.4 Å². The van der Waals surface area contributed by atoms with Gasteiger partial charge in [-0.25, -0.2) is 4.98 Å². The summed E-state index contributed by atoms with van der Waals surface area (Å²) in [4.78, 5) is 7.76. The van der Waals surface area contributed by atoms with Gasteiger partial charge in [0.2, 0.25) is 0 Å². The summed E-state index contributed by atoms with van der Waals surface area (Å²) in [5, 5.41) is 9.68. The Kier molecular flexibility index (Phi) is 6.17. The number of nitriles is 1. The molecule has 1 N–H and O–H groups in total. The summed E-state index contributed by atoms with van der Waals surface area (Å²) in [5.74, 6) is 1.74. The van der Waals surface area contributed by atoms with Crippen molar-refractivity contribution in [2.75, 3.05) is 13.2 Å². The molecule has 0 aliphatic carbocycles. The highest BCUT2D eigenvalue weighted by atomic mass is 79.9. The average Bonchev–Trinajstić information content (AvgIpc) is 3.08. The van der Waals surface area contributed by atoms with E-state index < -0.39 is 0 Å². The third kappa shape index (κ3) is 4.26. The number of ether oxygens (including phenoxy) is 2. The summed E-state index contributed by atoms with van der Waals surface area (Å²) in [6.45, 7) is 8.46. The second-order valence-electron chi connectivity index (χ2n) is 6.14. The van der Waals surface area contributed by atoms with E-state index in [1.807, 2.05) is 44.2 Å². The minimum Gasteiger partial charge on any atom is -0.490 e. The fourth-order valence-corrected chi connectivity index (χ4v) is 3.36. The van der Waals surface area contributed by atoms with E-state index in [0.29, 0.717) is 36.1 Å². The highest BCUT2D eigenvalue weighted by molar-refractivity contribution is 9.10. The molecule has 0 spiro atoms. The van der Waals surface area contributed by atoms with Crippen molar-refractivity contribution in [3.8, 4) is 17.6 Å². The molecule has 0 saturated carbocycles. The highest BCUT2D eigenvalue weighted by Gasteiger charge is 2.13. The van der Waals surface area contributed by atoms with E-state index in [0.717, 1.165) is 26.6 Å². The first-order chi connectivity index (χ1) is 13.5. The summed E-state index contributed by atoms with van der Waals surface area (Å²) >= 11 is 3.53. The van der Waals surface area contributed by atoms with E-state index in [1.165, 1.54) is 0 Å². The van der Waals surface area contributed by atoms with Gasteiger partial charge in [-0.3, -0.25) is 0 Å². The van der Waals surface area contributed by atoms with Gasteiger partial charge in [-0.1, -0.05) is 18.7 Å². The topological polar surface area (TPSA) is 70.9 Å². The molecule has 1 aromatic heterocycles. The van der Waals surface area contributed by atoms with E-state index in [-0.39, 0.29) is 0 Å². The minimum absolute atomic E-state index is 0.371. The first-order valence-electron chi connectivity index (χ1n) is 8.84. The van der Waals surface area contributed by atoms with E-state index in [2.05, 4.69) is 38.5 Å². The van der Waals surface area contributed by atoms with E-state index >= 15 is 0 Å². The maximum Gasteiger partial charge on any atom is 0.175 e. The number of benzene rings is 2. The van der Waals surface area contributed by atoms with Crippen LogP contribution in [0.1, 0.15) is 23.9 Å². The number of fused-ring (bicyclic) bond motifs is 1. The summed E-state index contributed by atoms with van der Waals surface area (Å²) in [5.41, 5.74) is 4.09. The zero-order valence-corrected chi connectivity index (χ0v) is 17.3. The summed E-state index contributed by atoms with van der Waals surface area (Å²) in [7, 11) is 0. The van der Waals surface area contributed by atoms with Gasteiger partial charge in [0.15, 0.2) is 11.5 Å². The van der Waals surface area contributed by atoms with Crippen molar-refractivity contribution in [1.82, 2.24) is 9.97 Å². The lowest BCUT2D eigenvalue weighted by atomic mass is 10.1. The number of hydrogen-bond acceptors (Lipinski definition) is 4. The molecule has 0 amide bonds. The Hall–Kier alpha value is -3.04. The van der Waals surface area contributed by atoms with Gasteiger partial charge in [-0.05, 0) is 71.2 Å². The number of H-pyrrole nitrogens is 1. The second kappa shape index (κ2) is 8.77. The molecule has 2 aromatic carbocycles. The van der Waals surface area contributed by atoms with Gasteiger partial charge in [0, 0.05) is 0 Å². The fourth-order valence-electron chi connectivity index (χ4n) is 2.79. The first-order valence-corrected chi connectivity index (χ1v) is 9.63. The van der Waals surface area contributed by atoms with E-state index in [4.69, 9.17) is 9.47 Å². The Morgan fingerprint density at radius 2 is 2.14 bits per heavy atom. The number of aromatic nitrogens is 2. The van der Waals surface area contributed by atoms with Crippen LogP contribution in [-0.2, 0) is 0 Å². The van der Waals surface area contributed by atoms with Crippen molar-refractivity contribution in [2.45, 2.75) is 13.8 Å². The lowest BCUT2D eigenvalue weighted by Gasteiger charge is -2.13. The predicted molar refractivity (Wildman–Crippen MR) is 115 cm³/mol. The smallest absolute Gasteiger partial charge is 0.175 e. The molecule has 0 aliphatic rings. The quantitative estimate of drug-likeness (QED) is 0.382. The van der Waals surface area contributed by atoms with Crippen molar-refractivity contribution in [1.29, 1.82) is 5.26 Å². The van der Waals surface area contributed by atoms with E-state index in [9.17, 15) is 5.26 Å². The molecule has 0 bridgehead atoms. The monoisotopic (exact) mass is 437 g/mol. The Morgan fingerprint density at radius 3 is 2.86 bits per heavy atom. The van der Waals surface area contributed by atoms with Gasteiger partial charge < -0.3 is 14.5 Å². The molecule has 0 saturated heterocycles. The van der Waals surface area contributed by atoms with Gasteiger partial charge in [0.25, 0.3) is 0 Å². The number of allylic oxidation sites excluding steroid dienone is 1. The van der Waals surface area contributed by atoms with Crippen molar-refractivity contribution in [3.63, 3.8) is 0 Å². The first kappa shape index (κ1) is 19.7. The molecular weight excluding hydrogens is 418 g/mol. The lowest BCUT2D eigenvalue weighted by molar-refractivity contribution is 0.295. The van der Waals surface area contributed by atoms with Gasteiger partial charge in [0.1, 0.15) is 18.5 Å². The molecule has 142 valence electrons. The average molecular weight is 438 g/mol. The summed E-state index contributed by atoms with van der Waals surface area (Å²) in [6.07, 6.45) is 3.45. The van der Waals surface area contributed by atoms with Crippen molar-refractivity contribution in [2.24, 2.45) is 0 Å². The van der Waals surface area contributed by atoms with Crippen LogP contribution in [0.4, 0.5) is 0 Å². The van der Waals surface area contributed by atoms with Crippen LogP contribution in [0.2, 0.25) is 0 Å². The van der Waals surface area contributed by atoms with Gasteiger partial charge in [0.05, 0.1) is 27.7 Å². The highest BCUT2D eigenvalue weighted by Crippen LogP contribution is 2.38. The summed E-state index contributed by atoms with van der Waals surface area (Å²) < 4.78 is 12.2.